The van der Waals surface area contributed by atoms with Crippen LogP contribution in [0.4, 0.5) is 39.8 Å². The van der Waals surface area contributed by atoms with Crippen molar-refractivity contribution in [1.29, 1.82) is 0 Å². The van der Waals surface area contributed by atoms with Gasteiger partial charge in [-0.15, -0.1) is 0 Å². The minimum atomic E-state index is -4.61. The van der Waals surface area contributed by atoms with Crippen molar-refractivity contribution in [2.24, 2.45) is 13.0 Å². The first-order valence-electron chi connectivity index (χ1n) is 17.0. The maximum Gasteiger partial charge on any atom is 0.419 e. The number of nitrogens with zero attached hydrogens (tertiary/aromatic N) is 7. The van der Waals surface area contributed by atoms with Gasteiger partial charge in [0.15, 0.2) is 5.82 Å². The first-order valence-corrected chi connectivity index (χ1v) is 18.5. The lowest BCUT2D eigenvalue weighted by Crippen LogP contribution is -2.49. The zero-order valence-electron chi connectivity index (χ0n) is 28.2. The van der Waals surface area contributed by atoms with E-state index in [4.69, 9.17) is 0 Å². The third-order valence-corrected chi connectivity index (χ3v) is 12.0. The Morgan fingerprint density at radius 3 is 2.31 bits per heavy atom. The Labute approximate surface area is 297 Å². The smallest absolute Gasteiger partial charge is 0.322 e. The molecule has 0 unspecified atom stereocenters. The molecule has 13 nitrogen and oxygen atoms in total. The topological polar surface area (TPSA) is 146 Å². The lowest BCUT2D eigenvalue weighted by molar-refractivity contribution is -0.138. The minimum absolute atomic E-state index is 0.171. The van der Waals surface area contributed by atoms with Crippen molar-refractivity contribution in [2.45, 2.75) is 49.1 Å². The number of nitrogens with one attached hydrogen (secondary N) is 2. The number of sulfonamides is 1. The SMILES string of the molecule is Cn1nc(N2CCC(=O)NC2=O)c2ccc(C3CCN(CC4CCN(S(=O)(=O)c5ccc(Nc6ncc(C(F)(F)F)cn6)c(F)c5)CC4)CC3)cc21. The zero-order valence-corrected chi connectivity index (χ0v) is 29.1. The summed E-state index contributed by atoms with van der Waals surface area (Å²) in [4.78, 5) is 34.9. The molecule has 0 atom stereocenters. The summed E-state index contributed by atoms with van der Waals surface area (Å²) >= 11 is 0. The molecule has 18 heteroatoms. The summed E-state index contributed by atoms with van der Waals surface area (Å²) in [6, 6.07) is 9.11. The third-order valence-electron chi connectivity index (χ3n) is 10.1. The highest BCUT2D eigenvalue weighted by atomic mass is 32.2. The van der Waals surface area contributed by atoms with E-state index >= 15 is 0 Å². The van der Waals surface area contributed by atoms with Gasteiger partial charge in [0.05, 0.1) is 21.7 Å². The molecule has 3 amide bonds. The first kappa shape index (κ1) is 35.7. The number of anilines is 3. The lowest BCUT2D eigenvalue weighted by Gasteiger charge is -2.37. The fraction of sp³-hybridized carbons (Fsp3) is 0.441. The Kier molecular flexibility index (Phi) is 9.64. The number of benzene rings is 2. The second kappa shape index (κ2) is 14.0. The number of halogens is 4. The van der Waals surface area contributed by atoms with E-state index in [2.05, 4.69) is 42.7 Å². The predicted molar refractivity (Wildman–Crippen MR) is 183 cm³/mol. The van der Waals surface area contributed by atoms with Gasteiger partial charge in [-0.05, 0) is 86.5 Å². The van der Waals surface area contributed by atoms with Crippen molar-refractivity contribution in [3.63, 3.8) is 0 Å². The highest BCUT2D eigenvalue weighted by Crippen LogP contribution is 2.35. The average Bonchev–Trinajstić information content (AvgIpc) is 3.44. The monoisotopic (exact) mass is 743 g/mol. The number of aryl methyl sites for hydroxylation is 1. The van der Waals surface area contributed by atoms with Crippen LogP contribution in [-0.4, -0.2) is 88.6 Å². The molecule has 0 saturated carbocycles. The van der Waals surface area contributed by atoms with Crippen LogP contribution in [0, 0.1) is 11.7 Å². The highest BCUT2D eigenvalue weighted by molar-refractivity contribution is 7.89. The number of fused-ring (bicyclic) bond motifs is 1. The number of carbonyl (C=O) groups is 2. The van der Waals surface area contributed by atoms with Crippen LogP contribution < -0.4 is 15.5 Å². The van der Waals surface area contributed by atoms with E-state index < -0.39 is 33.6 Å². The van der Waals surface area contributed by atoms with E-state index in [1.54, 1.807) is 4.68 Å². The molecule has 0 spiro atoms. The van der Waals surface area contributed by atoms with Crippen molar-refractivity contribution in [2.75, 3.05) is 49.5 Å². The summed E-state index contributed by atoms with van der Waals surface area (Å²) in [7, 11) is -2.12. The fourth-order valence-corrected chi connectivity index (χ4v) is 8.67. The Hall–Kier alpha value is -4.68. The molecule has 52 heavy (non-hydrogen) atoms. The average molecular weight is 744 g/mol. The molecule has 3 aliphatic rings. The van der Waals surface area contributed by atoms with Crippen LogP contribution in [0.25, 0.3) is 10.9 Å². The Morgan fingerprint density at radius 2 is 1.65 bits per heavy atom. The molecule has 2 N–H and O–H groups in total. The standard InChI is InChI=1S/C34H37F4N9O4S/c1-44-29-16-23(2-4-26(29)31(43-44)47-15-10-30(48)42-33(47)49)22-8-11-45(12-9-22)20-21-6-13-46(14-7-21)52(50,51)25-3-5-28(27(35)17-25)41-32-39-18-24(19-40-32)34(36,37)38/h2-5,16-19,21-22H,6-15,20H2,1H3,(H,39,40,41)(H,42,48,49). The Balaban J connectivity index is 0.903. The number of amides is 3. The van der Waals surface area contributed by atoms with Crippen LogP contribution in [0.1, 0.15) is 49.1 Å². The molecule has 3 saturated heterocycles. The molecule has 0 bridgehead atoms. The number of alkyl halides is 3. The van der Waals surface area contributed by atoms with Gasteiger partial charge < -0.3 is 10.2 Å². The molecular formula is C34H37F4N9O4S. The summed E-state index contributed by atoms with van der Waals surface area (Å²) in [6.07, 6.45) is 0.0614. The predicted octanol–water partition coefficient (Wildman–Crippen LogP) is 4.99. The van der Waals surface area contributed by atoms with Gasteiger partial charge in [0.25, 0.3) is 0 Å². The molecule has 3 fully saturated rings. The molecule has 276 valence electrons. The summed E-state index contributed by atoms with van der Waals surface area (Å²) < 4.78 is 83.1. The number of imide groups is 1. The number of likely N-dealkylation sites (tertiary alicyclic amines) is 1. The number of hydrogen-bond acceptors (Lipinski definition) is 9. The molecule has 0 radical (unpaired) electrons. The van der Waals surface area contributed by atoms with Gasteiger partial charge in [0.1, 0.15) is 5.82 Å². The molecule has 5 heterocycles. The van der Waals surface area contributed by atoms with Crippen LogP contribution in [0.5, 0.6) is 0 Å². The zero-order chi connectivity index (χ0) is 36.8. The van der Waals surface area contributed by atoms with Gasteiger partial charge >= 0.3 is 12.2 Å². The van der Waals surface area contributed by atoms with Crippen molar-refractivity contribution >= 4 is 50.3 Å². The molecule has 7 rings (SSSR count). The minimum Gasteiger partial charge on any atom is -0.322 e. The van der Waals surface area contributed by atoms with E-state index in [9.17, 15) is 35.6 Å². The summed E-state index contributed by atoms with van der Waals surface area (Å²) in [5.74, 6) is -0.233. The molecule has 4 aromatic rings. The summed E-state index contributed by atoms with van der Waals surface area (Å²) in [5.41, 5.74) is 0.917. The van der Waals surface area contributed by atoms with Crippen LogP contribution in [0.3, 0.4) is 0 Å². The molecule has 0 aliphatic carbocycles. The Morgan fingerprint density at radius 1 is 0.942 bits per heavy atom. The van der Waals surface area contributed by atoms with E-state index in [0.717, 1.165) is 49.4 Å². The van der Waals surface area contributed by atoms with Gasteiger partial charge in [-0.2, -0.15) is 22.6 Å². The number of hydrogen-bond donors (Lipinski definition) is 2. The highest BCUT2D eigenvalue weighted by Gasteiger charge is 2.33. The normalized spacial score (nSPS) is 19.0. The quantitative estimate of drug-likeness (QED) is 0.239. The van der Waals surface area contributed by atoms with E-state index in [-0.39, 0.29) is 35.4 Å². The molecule has 2 aromatic carbocycles. The van der Waals surface area contributed by atoms with Crippen molar-refractivity contribution in [3.05, 3.63) is 65.7 Å². The van der Waals surface area contributed by atoms with Crippen molar-refractivity contribution in [1.82, 2.24) is 34.3 Å². The van der Waals surface area contributed by atoms with Gasteiger partial charge in [-0.3, -0.25) is 19.7 Å². The number of aromatic nitrogens is 4. The second-order valence-electron chi connectivity index (χ2n) is 13.5. The van der Waals surface area contributed by atoms with Crippen LogP contribution in [0.15, 0.2) is 53.7 Å². The summed E-state index contributed by atoms with van der Waals surface area (Å²) in [5, 5.41) is 10.3. The largest absolute Gasteiger partial charge is 0.419 e. The fourth-order valence-electron chi connectivity index (χ4n) is 7.19. The second-order valence-corrected chi connectivity index (χ2v) is 15.4. The van der Waals surface area contributed by atoms with Gasteiger partial charge in [0, 0.05) is 57.4 Å². The Bertz CT molecular complexity index is 2090. The lowest BCUT2D eigenvalue weighted by atomic mass is 9.88. The van der Waals surface area contributed by atoms with Crippen LogP contribution in [-0.2, 0) is 28.0 Å². The van der Waals surface area contributed by atoms with Crippen LogP contribution >= 0.6 is 0 Å². The molecular weight excluding hydrogens is 706 g/mol. The van der Waals surface area contributed by atoms with E-state index in [1.165, 1.54) is 26.9 Å². The number of rotatable bonds is 8. The number of carbonyl (C=O) groups excluding carboxylic acids is 2. The van der Waals surface area contributed by atoms with Crippen molar-refractivity contribution in [3.8, 4) is 0 Å². The van der Waals surface area contributed by atoms with Crippen LogP contribution in [0.2, 0.25) is 0 Å². The van der Waals surface area contributed by atoms with E-state index in [0.29, 0.717) is 56.0 Å². The molecule has 2 aromatic heterocycles. The molecule has 3 aliphatic heterocycles. The van der Waals surface area contributed by atoms with Gasteiger partial charge in [-0.1, -0.05) is 6.07 Å². The summed E-state index contributed by atoms with van der Waals surface area (Å²) in [6.45, 7) is 3.60. The maximum atomic E-state index is 14.9. The van der Waals surface area contributed by atoms with Gasteiger partial charge in [0.2, 0.25) is 21.9 Å². The van der Waals surface area contributed by atoms with Gasteiger partial charge in [-0.25, -0.2) is 27.6 Å². The third kappa shape index (κ3) is 7.31. The van der Waals surface area contributed by atoms with E-state index in [1.807, 2.05) is 13.1 Å². The first-order chi connectivity index (χ1) is 24.8. The number of piperidine rings is 2. The number of urea groups is 1. The maximum absolute atomic E-state index is 14.9. The van der Waals surface area contributed by atoms with Crippen molar-refractivity contribution < 1.29 is 35.6 Å².